The van der Waals surface area contributed by atoms with E-state index in [0.717, 1.165) is 17.7 Å². The van der Waals surface area contributed by atoms with Crippen LogP contribution in [0.3, 0.4) is 0 Å². The van der Waals surface area contributed by atoms with Crippen molar-refractivity contribution in [3.63, 3.8) is 0 Å². The molecule has 2 N–H and O–H groups in total. The Bertz CT molecular complexity index is 1430. The van der Waals surface area contributed by atoms with Gasteiger partial charge in [0.15, 0.2) is 11.3 Å². The van der Waals surface area contributed by atoms with Gasteiger partial charge in [0.2, 0.25) is 5.43 Å². The topological polar surface area (TPSA) is 92.8 Å². The summed E-state index contributed by atoms with van der Waals surface area (Å²) < 4.78 is 15.6. The summed E-state index contributed by atoms with van der Waals surface area (Å²) in [4.78, 5) is 37.8. The second-order valence-electron chi connectivity index (χ2n) is 6.80. The smallest absolute Gasteiger partial charge is 0.279 e. The van der Waals surface area contributed by atoms with E-state index in [9.17, 15) is 23.9 Å². The Morgan fingerprint density at radius 3 is 2.55 bits per heavy atom. The lowest BCUT2D eigenvalue weighted by atomic mass is 10.2. The van der Waals surface area contributed by atoms with Crippen molar-refractivity contribution in [3.8, 4) is 5.75 Å². The molecule has 0 aliphatic rings. The average molecular weight is 440 g/mol. The van der Waals surface area contributed by atoms with E-state index in [-0.39, 0.29) is 23.3 Å². The number of anilines is 1. The van der Waals surface area contributed by atoms with Crippen molar-refractivity contribution in [2.24, 2.45) is 0 Å². The Morgan fingerprint density at radius 2 is 1.84 bits per heavy atom. The Kier molecular flexibility index (Phi) is 5.31. The highest BCUT2D eigenvalue weighted by molar-refractivity contribution is 6.30. The number of carbonyl (C=O) groups excluding carboxylic acids is 1. The van der Waals surface area contributed by atoms with Crippen LogP contribution in [-0.2, 0) is 6.54 Å². The number of hydrogen-bond acceptors (Lipinski definition) is 4. The highest BCUT2D eigenvalue weighted by Gasteiger charge is 2.17. The summed E-state index contributed by atoms with van der Waals surface area (Å²) in [6.45, 7) is 0.187. The van der Waals surface area contributed by atoms with Crippen LogP contribution in [0, 0.1) is 5.82 Å². The number of aromatic nitrogens is 2. The molecule has 0 saturated heterocycles. The van der Waals surface area contributed by atoms with E-state index in [4.69, 9.17) is 11.6 Å². The molecule has 0 spiro atoms. The third kappa shape index (κ3) is 4.06. The highest BCUT2D eigenvalue weighted by atomic mass is 35.5. The van der Waals surface area contributed by atoms with E-state index >= 15 is 0 Å². The molecule has 9 heteroatoms. The minimum atomic E-state index is -0.909. The first-order valence-electron chi connectivity index (χ1n) is 9.12. The molecule has 0 unspecified atom stereocenters. The van der Waals surface area contributed by atoms with Crippen LogP contribution in [0.2, 0.25) is 5.02 Å². The lowest BCUT2D eigenvalue weighted by Crippen LogP contribution is -2.26. The maximum atomic E-state index is 13.0. The number of halogens is 2. The van der Waals surface area contributed by atoms with Gasteiger partial charge in [-0.1, -0.05) is 23.7 Å². The zero-order valence-electron chi connectivity index (χ0n) is 15.9. The Hall–Kier alpha value is -3.91. The Labute approximate surface area is 179 Å². The first-order chi connectivity index (χ1) is 14.8. The number of amides is 1. The van der Waals surface area contributed by atoms with E-state index in [1.54, 1.807) is 24.3 Å². The maximum Gasteiger partial charge on any atom is 0.279 e. The van der Waals surface area contributed by atoms with Crippen molar-refractivity contribution in [1.29, 1.82) is 0 Å². The zero-order valence-corrected chi connectivity index (χ0v) is 16.6. The summed E-state index contributed by atoms with van der Waals surface area (Å²) in [5, 5.41) is 13.3. The molecule has 0 fully saturated rings. The zero-order chi connectivity index (χ0) is 22.1. The lowest BCUT2D eigenvalue weighted by Gasteiger charge is -2.12. The lowest BCUT2D eigenvalue weighted by molar-refractivity contribution is 0.102. The molecule has 156 valence electrons. The number of nitrogens with one attached hydrogen (secondary N) is 1. The number of pyridine rings is 1. The molecule has 2 aromatic heterocycles. The van der Waals surface area contributed by atoms with Gasteiger partial charge in [-0.15, -0.1) is 0 Å². The molecule has 4 rings (SSSR count). The van der Waals surface area contributed by atoms with Crippen molar-refractivity contribution >= 4 is 28.7 Å². The van der Waals surface area contributed by atoms with Gasteiger partial charge in [-0.25, -0.2) is 4.39 Å². The standard InChI is InChI=1S/C22H15ClFN3O4/c23-15-3-1-2-13(10-15)11-27-9-8-26-12-17(19(28)20(29)18(26)22(27)31)25-21(30)14-4-6-16(24)7-5-14/h1-10,12,29H,11H2,(H,25,30). The van der Waals surface area contributed by atoms with Crippen LogP contribution in [0.25, 0.3) is 5.52 Å². The molecule has 2 aromatic carbocycles. The van der Waals surface area contributed by atoms with E-state index in [1.165, 1.54) is 39.7 Å². The number of hydrogen-bond donors (Lipinski definition) is 2. The summed E-state index contributed by atoms with van der Waals surface area (Å²) in [6.07, 6.45) is 4.21. The number of nitrogens with zero attached hydrogens (tertiary/aromatic N) is 2. The largest absolute Gasteiger partial charge is 0.502 e. The van der Waals surface area contributed by atoms with Crippen LogP contribution in [-0.4, -0.2) is 20.0 Å². The minimum absolute atomic E-state index is 0.127. The van der Waals surface area contributed by atoms with Gasteiger partial charge >= 0.3 is 0 Å². The van der Waals surface area contributed by atoms with Gasteiger partial charge in [0.05, 0.1) is 6.54 Å². The molecule has 0 aliphatic carbocycles. The number of benzene rings is 2. The van der Waals surface area contributed by atoms with Gasteiger partial charge in [-0.2, -0.15) is 0 Å². The Balaban J connectivity index is 1.72. The number of fused-ring (bicyclic) bond motifs is 1. The molecule has 31 heavy (non-hydrogen) atoms. The molecular weight excluding hydrogens is 425 g/mol. The highest BCUT2D eigenvalue weighted by Crippen LogP contribution is 2.16. The van der Waals surface area contributed by atoms with Crippen LogP contribution in [0.5, 0.6) is 5.75 Å². The molecule has 0 radical (unpaired) electrons. The minimum Gasteiger partial charge on any atom is -0.502 e. The first kappa shape index (κ1) is 20.4. The van der Waals surface area contributed by atoms with Crippen LogP contribution in [0.4, 0.5) is 10.1 Å². The average Bonchev–Trinajstić information content (AvgIpc) is 2.74. The monoisotopic (exact) mass is 439 g/mol. The van der Waals surface area contributed by atoms with Gasteiger partial charge in [0, 0.05) is 29.2 Å². The summed E-state index contributed by atoms with van der Waals surface area (Å²) in [7, 11) is 0. The van der Waals surface area contributed by atoms with E-state index < -0.39 is 28.5 Å². The van der Waals surface area contributed by atoms with Crippen molar-refractivity contribution in [3.05, 3.63) is 110 Å². The fraction of sp³-hybridized carbons (Fsp3) is 0.0455. The fourth-order valence-electron chi connectivity index (χ4n) is 3.15. The third-order valence-corrected chi connectivity index (χ3v) is 4.91. The number of carbonyl (C=O) groups is 1. The predicted molar refractivity (Wildman–Crippen MR) is 114 cm³/mol. The van der Waals surface area contributed by atoms with Crippen molar-refractivity contribution in [2.45, 2.75) is 6.54 Å². The summed E-state index contributed by atoms with van der Waals surface area (Å²) in [5.74, 6) is -1.96. The third-order valence-electron chi connectivity index (χ3n) is 4.68. The summed E-state index contributed by atoms with van der Waals surface area (Å²) in [5.41, 5.74) is -1.06. The fourth-order valence-corrected chi connectivity index (χ4v) is 3.36. The van der Waals surface area contributed by atoms with E-state index in [2.05, 4.69) is 5.32 Å². The molecule has 7 nitrogen and oxygen atoms in total. The van der Waals surface area contributed by atoms with Crippen molar-refractivity contribution in [2.75, 3.05) is 5.32 Å². The molecule has 1 amide bonds. The Morgan fingerprint density at radius 1 is 1.10 bits per heavy atom. The van der Waals surface area contributed by atoms with Crippen LogP contribution in [0.15, 0.2) is 76.7 Å². The molecular formula is C22H15ClFN3O4. The first-order valence-corrected chi connectivity index (χ1v) is 9.50. The molecule has 4 aromatic rings. The SMILES string of the molecule is O=C(Nc1cn2ccn(Cc3cccc(Cl)c3)c(=O)c2c(O)c1=O)c1ccc(F)cc1. The van der Waals surface area contributed by atoms with Gasteiger partial charge < -0.3 is 19.4 Å². The normalized spacial score (nSPS) is 10.9. The van der Waals surface area contributed by atoms with Crippen molar-refractivity contribution in [1.82, 2.24) is 8.97 Å². The summed E-state index contributed by atoms with van der Waals surface area (Å²) >= 11 is 5.98. The molecule has 0 aliphatic heterocycles. The maximum absolute atomic E-state index is 13.0. The molecule has 0 saturated carbocycles. The van der Waals surface area contributed by atoms with Crippen LogP contribution < -0.4 is 16.3 Å². The molecule has 2 heterocycles. The van der Waals surface area contributed by atoms with Gasteiger partial charge in [0.1, 0.15) is 11.5 Å². The van der Waals surface area contributed by atoms with Gasteiger partial charge in [-0.3, -0.25) is 14.4 Å². The van der Waals surface area contributed by atoms with Crippen LogP contribution in [0.1, 0.15) is 15.9 Å². The second kappa shape index (κ2) is 8.08. The second-order valence-corrected chi connectivity index (χ2v) is 7.23. The predicted octanol–water partition coefficient (Wildman–Crippen LogP) is 3.26. The van der Waals surface area contributed by atoms with Crippen molar-refractivity contribution < 1.29 is 14.3 Å². The van der Waals surface area contributed by atoms with Crippen LogP contribution >= 0.6 is 11.6 Å². The molecule has 0 atom stereocenters. The molecule has 0 bridgehead atoms. The number of rotatable bonds is 4. The van der Waals surface area contributed by atoms with E-state index in [1.807, 2.05) is 0 Å². The van der Waals surface area contributed by atoms with Gasteiger partial charge in [0.25, 0.3) is 11.5 Å². The quantitative estimate of drug-likeness (QED) is 0.510. The number of aromatic hydroxyl groups is 1. The van der Waals surface area contributed by atoms with E-state index in [0.29, 0.717) is 5.02 Å². The summed E-state index contributed by atoms with van der Waals surface area (Å²) in [6, 6.07) is 11.7. The van der Waals surface area contributed by atoms with Gasteiger partial charge in [-0.05, 0) is 42.0 Å².